The summed E-state index contributed by atoms with van der Waals surface area (Å²) in [6.45, 7) is 4.31. The van der Waals surface area contributed by atoms with Crippen molar-refractivity contribution >= 4 is 17.7 Å². The number of carboxylic acids is 1. The van der Waals surface area contributed by atoms with E-state index in [2.05, 4.69) is 13.8 Å². The van der Waals surface area contributed by atoms with Crippen LogP contribution in [0, 0.1) is 5.92 Å². The van der Waals surface area contributed by atoms with Crippen molar-refractivity contribution in [3.8, 4) is 0 Å². The molecule has 0 atom stereocenters. The fourth-order valence-electron chi connectivity index (χ4n) is 0.478. The molecule has 0 aromatic heterocycles. The number of thioether (sulfide) groups is 1. The van der Waals surface area contributed by atoms with Crippen molar-refractivity contribution in [1.82, 2.24) is 0 Å². The number of carboxylic acid groups (broad SMARTS) is 1. The molecule has 0 aliphatic heterocycles. The molecule has 0 aliphatic rings. The summed E-state index contributed by atoms with van der Waals surface area (Å²) in [4.78, 5) is 10.00. The smallest absolute Gasteiger partial charge is 0.328 e. The summed E-state index contributed by atoms with van der Waals surface area (Å²) < 4.78 is 0. The first-order chi connectivity index (χ1) is 5.13. The van der Waals surface area contributed by atoms with Gasteiger partial charge in [-0.25, -0.2) is 4.79 Å². The normalized spacial score (nSPS) is 11.2. The second kappa shape index (κ2) is 6.28. The predicted octanol–water partition coefficient (Wildman–Crippen LogP) is 2.36. The number of aliphatic carboxylic acids is 1. The second-order valence-electron chi connectivity index (χ2n) is 2.69. The molecule has 0 aliphatic carbocycles. The number of rotatable bonds is 5. The second-order valence-corrected chi connectivity index (χ2v) is 3.71. The van der Waals surface area contributed by atoms with Gasteiger partial charge in [-0.15, -0.1) is 11.8 Å². The van der Waals surface area contributed by atoms with Gasteiger partial charge in [0.25, 0.3) is 0 Å². The van der Waals surface area contributed by atoms with Crippen LogP contribution in [-0.4, -0.2) is 16.8 Å². The molecule has 0 fully saturated rings. The van der Waals surface area contributed by atoms with Crippen LogP contribution in [0.5, 0.6) is 0 Å². The Hall–Kier alpha value is -0.440. The molecule has 0 rings (SSSR count). The minimum Gasteiger partial charge on any atom is -0.478 e. The summed E-state index contributed by atoms with van der Waals surface area (Å²) in [5, 5.41) is 9.85. The third kappa shape index (κ3) is 9.56. The molecule has 1 N–H and O–H groups in total. The van der Waals surface area contributed by atoms with E-state index in [9.17, 15) is 4.79 Å². The zero-order chi connectivity index (χ0) is 8.69. The van der Waals surface area contributed by atoms with Gasteiger partial charge in [-0.1, -0.05) is 13.8 Å². The van der Waals surface area contributed by atoms with Crippen LogP contribution in [0.4, 0.5) is 0 Å². The van der Waals surface area contributed by atoms with Gasteiger partial charge >= 0.3 is 5.97 Å². The number of carbonyl (C=O) groups is 1. The largest absolute Gasteiger partial charge is 0.478 e. The Morgan fingerprint density at radius 3 is 2.73 bits per heavy atom. The van der Waals surface area contributed by atoms with E-state index in [0.717, 1.165) is 12.2 Å². The SMILES string of the molecule is CC(C)CCS/C=C/C(=O)O. The first-order valence-corrected chi connectivity index (χ1v) is 4.69. The third-order valence-corrected chi connectivity index (χ3v) is 1.92. The first kappa shape index (κ1) is 10.6. The maximum atomic E-state index is 10.00. The molecule has 64 valence electrons. The lowest BCUT2D eigenvalue weighted by Crippen LogP contribution is -1.88. The van der Waals surface area contributed by atoms with E-state index < -0.39 is 5.97 Å². The highest BCUT2D eigenvalue weighted by Crippen LogP contribution is 2.09. The van der Waals surface area contributed by atoms with Crippen molar-refractivity contribution in [3.63, 3.8) is 0 Å². The minimum atomic E-state index is -0.873. The number of hydrogen-bond donors (Lipinski definition) is 1. The lowest BCUT2D eigenvalue weighted by Gasteiger charge is -1.99. The van der Waals surface area contributed by atoms with Gasteiger partial charge in [0.05, 0.1) is 0 Å². The van der Waals surface area contributed by atoms with Crippen molar-refractivity contribution in [2.24, 2.45) is 5.92 Å². The molecule has 0 radical (unpaired) electrons. The third-order valence-electron chi connectivity index (χ3n) is 1.12. The zero-order valence-electron chi connectivity index (χ0n) is 6.91. The van der Waals surface area contributed by atoms with Crippen molar-refractivity contribution in [2.75, 3.05) is 5.75 Å². The lowest BCUT2D eigenvalue weighted by molar-refractivity contribution is -0.131. The van der Waals surface area contributed by atoms with E-state index in [1.54, 1.807) is 17.2 Å². The van der Waals surface area contributed by atoms with Gasteiger partial charge in [0.15, 0.2) is 0 Å². The van der Waals surface area contributed by atoms with E-state index in [1.165, 1.54) is 6.08 Å². The van der Waals surface area contributed by atoms with Gasteiger partial charge in [-0.2, -0.15) is 0 Å². The molecule has 0 aromatic rings. The lowest BCUT2D eigenvalue weighted by atomic mass is 10.2. The Kier molecular flexibility index (Phi) is 6.03. The molecule has 2 nitrogen and oxygen atoms in total. The maximum absolute atomic E-state index is 10.00. The number of hydrogen-bond acceptors (Lipinski definition) is 2. The average molecular weight is 174 g/mol. The van der Waals surface area contributed by atoms with E-state index in [4.69, 9.17) is 5.11 Å². The molecule has 11 heavy (non-hydrogen) atoms. The Bertz CT molecular complexity index is 141. The van der Waals surface area contributed by atoms with Gasteiger partial charge < -0.3 is 5.11 Å². The van der Waals surface area contributed by atoms with Crippen molar-refractivity contribution in [2.45, 2.75) is 20.3 Å². The van der Waals surface area contributed by atoms with Crippen LogP contribution in [0.25, 0.3) is 0 Å². The van der Waals surface area contributed by atoms with Crippen LogP contribution >= 0.6 is 11.8 Å². The van der Waals surface area contributed by atoms with Crippen LogP contribution in [0.1, 0.15) is 20.3 Å². The minimum absolute atomic E-state index is 0.695. The molecule has 0 heterocycles. The molecular weight excluding hydrogens is 160 g/mol. The summed E-state index contributed by atoms with van der Waals surface area (Å²) in [7, 11) is 0. The Balaban J connectivity index is 3.21. The highest BCUT2D eigenvalue weighted by atomic mass is 32.2. The van der Waals surface area contributed by atoms with E-state index in [-0.39, 0.29) is 0 Å². The summed E-state index contributed by atoms with van der Waals surface area (Å²) in [6.07, 6.45) is 2.31. The Labute approximate surface area is 71.7 Å². The van der Waals surface area contributed by atoms with Crippen LogP contribution in [0.2, 0.25) is 0 Å². The Morgan fingerprint density at radius 2 is 2.27 bits per heavy atom. The fraction of sp³-hybridized carbons (Fsp3) is 0.625. The summed E-state index contributed by atoms with van der Waals surface area (Å²) in [5.41, 5.74) is 0. The van der Waals surface area contributed by atoms with Gasteiger partial charge in [-0.05, 0) is 23.5 Å². The molecule has 3 heteroatoms. The van der Waals surface area contributed by atoms with Gasteiger partial charge in [0.2, 0.25) is 0 Å². The standard InChI is InChI=1S/C8H14O2S/c1-7(2)3-5-11-6-4-8(9)10/h4,6-7H,3,5H2,1-2H3,(H,9,10)/b6-4+. The van der Waals surface area contributed by atoms with E-state index in [1.807, 2.05) is 0 Å². The van der Waals surface area contributed by atoms with Crippen LogP contribution in [-0.2, 0) is 4.79 Å². The highest BCUT2D eigenvalue weighted by Gasteiger charge is 1.91. The quantitative estimate of drug-likeness (QED) is 0.513. The molecule has 0 saturated heterocycles. The highest BCUT2D eigenvalue weighted by molar-refractivity contribution is 8.02. The summed E-state index contributed by atoms with van der Waals surface area (Å²) in [6, 6.07) is 0. The van der Waals surface area contributed by atoms with Crippen molar-refractivity contribution in [1.29, 1.82) is 0 Å². The van der Waals surface area contributed by atoms with Gasteiger partial charge in [0, 0.05) is 6.08 Å². The van der Waals surface area contributed by atoms with Gasteiger partial charge in [-0.3, -0.25) is 0 Å². The van der Waals surface area contributed by atoms with E-state index in [0.29, 0.717) is 5.92 Å². The molecular formula is C8H14O2S. The molecule has 0 bridgehead atoms. The van der Waals surface area contributed by atoms with Crippen LogP contribution < -0.4 is 0 Å². The average Bonchev–Trinajstić information content (AvgIpc) is 1.85. The van der Waals surface area contributed by atoms with E-state index >= 15 is 0 Å². The van der Waals surface area contributed by atoms with Gasteiger partial charge in [0.1, 0.15) is 0 Å². The topological polar surface area (TPSA) is 37.3 Å². The predicted molar refractivity (Wildman–Crippen MR) is 48.7 cm³/mol. The fourth-order valence-corrected chi connectivity index (χ4v) is 1.43. The zero-order valence-corrected chi connectivity index (χ0v) is 7.73. The maximum Gasteiger partial charge on any atom is 0.328 e. The van der Waals surface area contributed by atoms with Crippen LogP contribution in [0.15, 0.2) is 11.5 Å². The molecule has 0 amide bonds. The van der Waals surface area contributed by atoms with Crippen LogP contribution in [0.3, 0.4) is 0 Å². The molecule has 0 unspecified atom stereocenters. The summed E-state index contributed by atoms with van der Waals surface area (Å²) >= 11 is 1.55. The molecule has 0 spiro atoms. The first-order valence-electron chi connectivity index (χ1n) is 3.64. The Morgan fingerprint density at radius 1 is 1.64 bits per heavy atom. The molecule has 0 aromatic carbocycles. The van der Waals surface area contributed by atoms with Crippen molar-refractivity contribution in [3.05, 3.63) is 11.5 Å². The molecule has 0 saturated carbocycles. The summed E-state index contributed by atoms with van der Waals surface area (Å²) in [5.74, 6) is 0.823. The van der Waals surface area contributed by atoms with Crippen molar-refractivity contribution < 1.29 is 9.90 Å². The monoisotopic (exact) mass is 174 g/mol.